The average Bonchev–Trinajstić information content (AvgIpc) is 2.78. The van der Waals surface area contributed by atoms with Crippen LogP contribution in [0.2, 0.25) is 0 Å². The van der Waals surface area contributed by atoms with Crippen molar-refractivity contribution in [1.29, 1.82) is 0 Å². The molecule has 0 aromatic heterocycles. The molecule has 2 aliphatic rings. The van der Waals surface area contributed by atoms with Crippen molar-refractivity contribution < 1.29 is 18.0 Å². The van der Waals surface area contributed by atoms with Gasteiger partial charge in [-0.15, -0.1) is 0 Å². The van der Waals surface area contributed by atoms with Crippen molar-refractivity contribution in [3.05, 3.63) is 0 Å². The van der Waals surface area contributed by atoms with Crippen LogP contribution in [0.15, 0.2) is 0 Å². The third kappa shape index (κ3) is 3.10. The van der Waals surface area contributed by atoms with Crippen LogP contribution in [0, 0.1) is 5.92 Å². The first-order chi connectivity index (χ1) is 9.34. The molecule has 0 saturated carbocycles. The summed E-state index contributed by atoms with van der Waals surface area (Å²) in [6.07, 6.45) is -0.931. The summed E-state index contributed by atoms with van der Waals surface area (Å²) < 4.78 is 37.8. The van der Waals surface area contributed by atoms with Gasteiger partial charge in [-0.05, 0) is 39.0 Å². The molecule has 2 heterocycles. The molecule has 2 rings (SSSR count). The minimum absolute atomic E-state index is 0.0116. The third-order valence-corrected chi connectivity index (χ3v) is 4.69. The second-order valence-electron chi connectivity index (χ2n) is 6.01. The predicted octanol–water partition coefficient (Wildman–Crippen LogP) is 2.71. The largest absolute Gasteiger partial charge is 0.393 e. The van der Waals surface area contributed by atoms with E-state index in [1.54, 1.807) is 0 Å². The second kappa shape index (κ2) is 5.92. The summed E-state index contributed by atoms with van der Waals surface area (Å²) in [5.74, 6) is -1.33. The molecule has 1 N–H and O–H groups in total. The molecule has 2 fully saturated rings. The molecule has 4 unspecified atom stereocenters. The highest BCUT2D eigenvalue weighted by molar-refractivity contribution is 5.83. The average molecular weight is 292 g/mol. The van der Waals surface area contributed by atoms with Crippen molar-refractivity contribution in [2.45, 2.75) is 70.3 Å². The first-order valence-corrected chi connectivity index (χ1v) is 7.46. The zero-order valence-electron chi connectivity index (χ0n) is 12.0. The number of nitrogens with one attached hydrogen (secondary N) is 1. The molecule has 116 valence electrons. The van der Waals surface area contributed by atoms with Crippen LogP contribution in [0.25, 0.3) is 0 Å². The lowest BCUT2D eigenvalue weighted by Crippen LogP contribution is -2.54. The molecule has 0 aromatic carbocycles. The summed E-state index contributed by atoms with van der Waals surface area (Å²) in [5.41, 5.74) is 0. The topological polar surface area (TPSA) is 32.3 Å². The maximum absolute atomic E-state index is 12.6. The van der Waals surface area contributed by atoms with Gasteiger partial charge in [0.1, 0.15) is 0 Å². The zero-order chi connectivity index (χ0) is 14.9. The summed E-state index contributed by atoms with van der Waals surface area (Å²) >= 11 is 0. The number of halogens is 3. The number of carbonyl (C=O) groups excluding carboxylic acids is 1. The monoisotopic (exact) mass is 292 g/mol. The quantitative estimate of drug-likeness (QED) is 0.848. The Labute approximate surface area is 117 Å². The number of likely N-dealkylation sites (tertiary alicyclic amines) is 1. The maximum Gasteiger partial charge on any atom is 0.393 e. The fourth-order valence-corrected chi connectivity index (χ4v) is 3.40. The number of hydrogen-bond donors (Lipinski definition) is 1. The Bertz CT molecular complexity index is 351. The van der Waals surface area contributed by atoms with E-state index in [2.05, 4.69) is 12.2 Å². The summed E-state index contributed by atoms with van der Waals surface area (Å²) in [6, 6.07) is 0.0115. The molecule has 6 heteroatoms. The molecule has 0 spiro atoms. The van der Waals surface area contributed by atoms with Crippen LogP contribution >= 0.6 is 0 Å². The normalized spacial score (nSPS) is 35.4. The van der Waals surface area contributed by atoms with Crippen LogP contribution in [0.5, 0.6) is 0 Å². The molecule has 2 aliphatic heterocycles. The molecule has 3 nitrogen and oxygen atoms in total. The first-order valence-electron chi connectivity index (χ1n) is 7.46. The lowest BCUT2D eigenvalue weighted by Gasteiger charge is -2.36. The van der Waals surface area contributed by atoms with E-state index in [0.29, 0.717) is 0 Å². The molecule has 1 amide bonds. The first kappa shape index (κ1) is 15.6. The van der Waals surface area contributed by atoms with E-state index < -0.39 is 18.1 Å². The Hall–Kier alpha value is -0.780. The number of carbonyl (C=O) groups is 1. The van der Waals surface area contributed by atoms with Gasteiger partial charge in [0.25, 0.3) is 0 Å². The standard InChI is InChI=1S/C14H23F3N2O/c1-3-11-6-4-9(2)19(11)13(20)12-7-5-10(8-18-12)14(15,16)17/h9-12,18H,3-8H2,1-2H3. The van der Waals surface area contributed by atoms with Crippen LogP contribution in [0.1, 0.15) is 46.0 Å². The molecule has 0 bridgehead atoms. The number of piperidine rings is 1. The van der Waals surface area contributed by atoms with Gasteiger partial charge in [-0.1, -0.05) is 6.92 Å². The number of nitrogens with zero attached hydrogens (tertiary/aromatic N) is 1. The summed E-state index contributed by atoms with van der Waals surface area (Å²) in [7, 11) is 0. The van der Waals surface area contributed by atoms with Gasteiger partial charge in [0.2, 0.25) is 5.91 Å². The molecule has 2 saturated heterocycles. The molecular weight excluding hydrogens is 269 g/mol. The Balaban J connectivity index is 1.95. The van der Waals surface area contributed by atoms with Crippen molar-refractivity contribution in [2.75, 3.05) is 6.54 Å². The number of amides is 1. The van der Waals surface area contributed by atoms with E-state index in [1.807, 2.05) is 11.8 Å². The lowest BCUT2D eigenvalue weighted by molar-refractivity contribution is -0.181. The van der Waals surface area contributed by atoms with Gasteiger partial charge in [0.05, 0.1) is 12.0 Å². The van der Waals surface area contributed by atoms with E-state index in [1.165, 1.54) is 0 Å². The van der Waals surface area contributed by atoms with Crippen molar-refractivity contribution in [2.24, 2.45) is 5.92 Å². The van der Waals surface area contributed by atoms with Gasteiger partial charge in [0.15, 0.2) is 0 Å². The molecule has 0 radical (unpaired) electrons. The van der Waals surface area contributed by atoms with Gasteiger partial charge in [-0.3, -0.25) is 4.79 Å². The van der Waals surface area contributed by atoms with Crippen molar-refractivity contribution in [1.82, 2.24) is 10.2 Å². The highest BCUT2D eigenvalue weighted by atomic mass is 19.4. The van der Waals surface area contributed by atoms with Gasteiger partial charge in [-0.25, -0.2) is 0 Å². The fourth-order valence-electron chi connectivity index (χ4n) is 3.40. The van der Waals surface area contributed by atoms with E-state index in [9.17, 15) is 18.0 Å². The lowest BCUT2D eigenvalue weighted by atomic mass is 9.93. The number of rotatable bonds is 2. The van der Waals surface area contributed by atoms with Crippen LogP contribution in [-0.4, -0.2) is 41.7 Å². The maximum atomic E-state index is 12.6. The number of alkyl halides is 3. The van der Waals surface area contributed by atoms with Gasteiger partial charge in [-0.2, -0.15) is 13.2 Å². The summed E-state index contributed by atoms with van der Waals surface area (Å²) in [6.45, 7) is 3.94. The van der Waals surface area contributed by atoms with Crippen LogP contribution in [0.4, 0.5) is 13.2 Å². The smallest absolute Gasteiger partial charge is 0.336 e. The van der Waals surface area contributed by atoms with Gasteiger partial charge < -0.3 is 10.2 Å². The summed E-state index contributed by atoms with van der Waals surface area (Å²) in [4.78, 5) is 14.4. The molecule has 20 heavy (non-hydrogen) atoms. The van der Waals surface area contributed by atoms with Crippen LogP contribution in [0.3, 0.4) is 0 Å². The Morgan fingerprint density at radius 2 is 1.95 bits per heavy atom. The van der Waals surface area contributed by atoms with Crippen molar-refractivity contribution in [3.8, 4) is 0 Å². The minimum Gasteiger partial charge on any atom is -0.336 e. The van der Waals surface area contributed by atoms with Crippen molar-refractivity contribution >= 4 is 5.91 Å². The second-order valence-corrected chi connectivity index (χ2v) is 6.01. The van der Waals surface area contributed by atoms with Crippen LogP contribution in [-0.2, 0) is 4.79 Å². The van der Waals surface area contributed by atoms with E-state index in [4.69, 9.17) is 0 Å². The third-order valence-electron chi connectivity index (χ3n) is 4.69. The van der Waals surface area contributed by atoms with E-state index >= 15 is 0 Å². The summed E-state index contributed by atoms with van der Waals surface area (Å²) in [5, 5.41) is 2.81. The van der Waals surface area contributed by atoms with E-state index in [-0.39, 0.29) is 37.4 Å². The highest BCUT2D eigenvalue weighted by Gasteiger charge is 2.44. The molecular formula is C14H23F3N2O. The Morgan fingerprint density at radius 3 is 2.45 bits per heavy atom. The highest BCUT2D eigenvalue weighted by Crippen LogP contribution is 2.33. The van der Waals surface area contributed by atoms with Crippen molar-refractivity contribution in [3.63, 3.8) is 0 Å². The van der Waals surface area contributed by atoms with Crippen LogP contribution < -0.4 is 5.32 Å². The molecule has 4 atom stereocenters. The predicted molar refractivity (Wildman–Crippen MR) is 70.2 cm³/mol. The molecule has 0 aromatic rings. The Kier molecular flexibility index (Phi) is 4.62. The fraction of sp³-hybridized carbons (Fsp3) is 0.929. The zero-order valence-corrected chi connectivity index (χ0v) is 12.0. The Morgan fingerprint density at radius 1 is 1.25 bits per heavy atom. The van der Waals surface area contributed by atoms with Gasteiger partial charge in [0, 0.05) is 18.6 Å². The van der Waals surface area contributed by atoms with E-state index in [0.717, 1.165) is 19.3 Å². The molecule has 0 aliphatic carbocycles. The SMILES string of the molecule is CCC1CCC(C)N1C(=O)C1CCC(C(F)(F)F)CN1. The number of hydrogen-bond acceptors (Lipinski definition) is 2. The van der Waals surface area contributed by atoms with Gasteiger partial charge >= 0.3 is 6.18 Å². The minimum atomic E-state index is -4.16.